The maximum atomic E-state index is 13.1. The summed E-state index contributed by atoms with van der Waals surface area (Å²) in [5.41, 5.74) is -0.837. The molecule has 9 heteroatoms. The number of aryl methyl sites for hydroxylation is 1. The predicted molar refractivity (Wildman–Crippen MR) is 47.4 cm³/mol. The van der Waals surface area contributed by atoms with Crippen molar-refractivity contribution < 1.29 is 13.4 Å². The Bertz CT molecular complexity index is 562. The Hall–Kier alpha value is -2.19. The largest absolute Gasteiger partial charge is 0.278 e. The third kappa shape index (κ3) is 1.45. The molecule has 0 aliphatic rings. The van der Waals surface area contributed by atoms with Crippen molar-refractivity contribution >= 4 is 17.0 Å². The van der Waals surface area contributed by atoms with Crippen molar-refractivity contribution in [1.82, 2.24) is 25.1 Å². The third-order valence-electron chi connectivity index (χ3n) is 1.86. The molecule has 2 aromatic heterocycles. The molecule has 0 saturated carbocycles. The van der Waals surface area contributed by atoms with Gasteiger partial charge in [-0.25, -0.2) is 15.0 Å². The van der Waals surface area contributed by atoms with Gasteiger partial charge in [0.25, 0.3) is 0 Å². The van der Waals surface area contributed by atoms with Gasteiger partial charge in [-0.05, 0) is 12.3 Å². The van der Waals surface area contributed by atoms with E-state index in [2.05, 4.69) is 15.0 Å². The molecule has 0 amide bonds. The fraction of sp³-hybridized carbons (Fsp3) is 0.143. The zero-order chi connectivity index (χ0) is 11.9. The number of nitrogens with zero attached hydrogens (tertiary/aromatic N) is 5. The van der Waals surface area contributed by atoms with E-state index in [1.807, 2.05) is 0 Å². The van der Waals surface area contributed by atoms with Gasteiger partial charge in [-0.2, -0.15) is 0 Å². The molecule has 0 aliphatic heterocycles. The first-order valence-corrected chi connectivity index (χ1v) is 4.09. The summed E-state index contributed by atoms with van der Waals surface area (Å²) in [5, 5.41) is 5.67. The average Bonchev–Trinajstić information content (AvgIpc) is 2.58. The van der Waals surface area contributed by atoms with Crippen molar-refractivity contribution in [3.8, 4) is 0 Å². The van der Waals surface area contributed by atoms with Crippen LogP contribution in [0.15, 0.2) is 6.33 Å². The van der Waals surface area contributed by atoms with E-state index in [1.165, 1.54) is 6.92 Å². The number of nitrogens with one attached hydrogen (secondary N) is 1. The first-order valence-electron chi connectivity index (χ1n) is 4.09. The molecule has 0 radical (unpaired) electrons. The average molecular weight is 230 g/mol. The van der Waals surface area contributed by atoms with Crippen LogP contribution < -0.4 is 0 Å². The zero-order valence-corrected chi connectivity index (χ0v) is 7.95. The minimum absolute atomic E-state index is 0.0773. The molecule has 0 fully saturated rings. The molecule has 6 nitrogen and oxygen atoms in total. The maximum Gasteiger partial charge on any atom is 0.215 e. The molecule has 1 N–H and O–H groups in total. The lowest BCUT2D eigenvalue weighted by Crippen LogP contribution is -2.17. The molecule has 16 heavy (non-hydrogen) atoms. The summed E-state index contributed by atoms with van der Waals surface area (Å²) in [4.78, 5) is 10.9. The van der Waals surface area contributed by atoms with Crippen molar-refractivity contribution in [3.05, 3.63) is 17.8 Å². The van der Waals surface area contributed by atoms with E-state index >= 15 is 0 Å². The predicted octanol–water partition coefficient (Wildman–Crippen LogP) is 1.26. The van der Waals surface area contributed by atoms with Gasteiger partial charge < -0.3 is 0 Å². The third-order valence-corrected chi connectivity index (χ3v) is 1.86. The maximum absolute atomic E-state index is 13.1. The lowest BCUT2D eigenvalue weighted by atomic mass is 10.3. The lowest BCUT2D eigenvalue weighted by molar-refractivity contribution is -0.0740. The van der Waals surface area contributed by atoms with Gasteiger partial charge in [0, 0.05) is 0 Å². The Balaban J connectivity index is 2.73. The molecule has 0 saturated heterocycles. The molecular weight excluding hydrogens is 225 g/mol. The molecular formula is C7H5F3N6. The quantitative estimate of drug-likeness (QED) is 0.455. The van der Waals surface area contributed by atoms with E-state index in [4.69, 9.17) is 5.41 Å². The smallest absolute Gasteiger partial charge is 0.215 e. The molecule has 84 valence electrons. The van der Waals surface area contributed by atoms with E-state index in [0.29, 0.717) is 0 Å². The second kappa shape index (κ2) is 3.43. The number of aromatic nitrogens is 4. The van der Waals surface area contributed by atoms with E-state index in [9.17, 15) is 13.4 Å². The molecule has 0 atom stereocenters. The number of rotatable bonds is 1. The summed E-state index contributed by atoms with van der Waals surface area (Å²) in [6.45, 7) is 1.41. The van der Waals surface area contributed by atoms with E-state index in [-0.39, 0.29) is 21.8 Å². The summed E-state index contributed by atoms with van der Waals surface area (Å²) in [5.74, 6) is -1.08. The molecule has 0 aromatic carbocycles. The van der Waals surface area contributed by atoms with Crippen molar-refractivity contribution in [2.24, 2.45) is 0 Å². The van der Waals surface area contributed by atoms with Gasteiger partial charge in [-0.15, -0.1) is 4.79 Å². The van der Waals surface area contributed by atoms with Gasteiger partial charge in [0.05, 0.1) is 0 Å². The highest BCUT2D eigenvalue weighted by Crippen LogP contribution is 2.16. The zero-order valence-electron chi connectivity index (χ0n) is 7.95. The monoisotopic (exact) mass is 230 g/mol. The summed E-state index contributed by atoms with van der Waals surface area (Å²) in [7, 11) is 0. The second-order valence-corrected chi connectivity index (χ2v) is 2.93. The van der Waals surface area contributed by atoms with Crippen LogP contribution in [0.4, 0.5) is 13.4 Å². The minimum Gasteiger partial charge on any atom is -0.278 e. The normalized spacial score (nSPS) is 10.8. The standard InChI is InChI=1S/C7H5F3N6/c1-3-13-4(6(11)16(9)10)5-7(14-3)15(8)2-12-5/h2,11H,1H3. The Kier molecular flexibility index (Phi) is 2.22. The highest BCUT2D eigenvalue weighted by Gasteiger charge is 2.20. The van der Waals surface area contributed by atoms with Gasteiger partial charge >= 0.3 is 0 Å². The van der Waals surface area contributed by atoms with Crippen LogP contribution in [0.3, 0.4) is 0 Å². The van der Waals surface area contributed by atoms with Gasteiger partial charge in [0.2, 0.25) is 5.84 Å². The lowest BCUT2D eigenvalue weighted by Gasteiger charge is -2.04. The number of hydrogen-bond donors (Lipinski definition) is 1. The Labute approximate surface area is 86.7 Å². The molecule has 0 aliphatic carbocycles. The minimum atomic E-state index is -1.42. The van der Waals surface area contributed by atoms with Gasteiger partial charge in [-0.1, -0.05) is 13.4 Å². The molecule has 2 aromatic rings. The Morgan fingerprint density at radius 1 is 1.44 bits per heavy atom. The summed E-state index contributed by atoms with van der Waals surface area (Å²) < 4.78 is 37.5. The molecule has 0 unspecified atom stereocenters. The molecule has 2 rings (SSSR count). The van der Waals surface area contributed by atoms with Gasteiger partial charge in [-0.3, -0.25) is 5.41 Å². The van der Waals surface area contributed by atoms with Gasteiger partial charge in [0.15, 0.2) is 5.65 Å². The highest BCUT2D eigenvalue weighted by atomic mass is 19.4. The van der Waals surface area contributed by atoms with Crippen LogP contribution in [0.5, 0.6) is 0 Å². The van der Waals surface area contributed by atoms with Crippen LogP contribution in [-0.4, -0.2) is 30.9 Å². The van der Waals surface area contributed by atoms with E-state index in [1.54, 1.807) is 0 Å². The molecule has 2 heterocycles. The first kappa shape index (κ1) is 10.3. The van der Waals surface area contributed by atoms with Crippen molar-refractivity contribution in [2.45, 2.75) is 6.92 Å². The highest BCUT2D eigenvalue weighted by molar-refractivity contribution is 6.02. The van der Waals surface area contributed by atoms with E-state index in [0.717, 1.165) is 6.33 Å². The van der Waals surface area contributed by atoms with Crippen LogP contribution in [0.25, 0.3) is 11.2 Å². The number of hydrogen-bond acceptors (Lipinski definition) is 4. The Morgan fingerprint density at radius 3 is 2.75 bits per heavy atom. The number of amidine groups is 1. The topological polar surface area (TPSA) is 70.7 Å². The van der Waals surface area contributed by atoms with Crippen LogP contribution in [0, 0.1) is 12.3 Å². The number of imidazole rings is 1. The summed E-state index contributed by atoms with van der Waals surface area (Å²) >= 11 is 0. The van der Waals surface area contributed by atoms with Crippen molar-refractivity contribution in [2.75, 3.05) is 0 Å². The van der Waals surface area contributed by atoms with E-state index < -0.39 is 16.9 Å². The Morgan fingerprint density at radius 2 is 2.12 bits per heavy atom. The second-order valence-electron chi connectivity index (χ2n) is 2.93. The van der Waals surface area contributed by atoms with Crippen LogP contribution >= 0.6 is 0 Å². The van der Waals surface area contributed by atoms with Gasteiger partial charge in [0.1, 0.15) is 23.4 Å². The molecule has 0 spiro atoms. The molecule has 0 bridgehead atoms. The van der Waals surface area contributed by atoms with Crippen LogP contribution in [0.2, 0.25) is 0 Å². The SMILES string of the molecule is Cc1nc(C(=N)N(F)F)c2ncn(F)c2n1. The summed E-state index contributed by atoms with van der Waals surface area (Å²) in [6, 6.07) is 0. The number of fused-ring (bicyclic) bond motifs is 1. The summed E-state index contributed by atoms with van der Waals surface area (Å²) in [6.07, 6.45) is 0.774. The fourth-order valence-corrected chi connectivity index (χ4v) is 1.23. The fourth-order valence-electron chi connectivity index (χ4n) is 1.23. The first-order chi connectivity index (χ1) is 7.50. The number of halogens is 3. The van der Waals surface area contributed by atoms with Crippen LogP contribution in [0.1, 0.15) is 11.5 Å². The van der Waals surface area contributed by atoms with Crippen molar-refractivity contribution in [3.63, 3.8) is 0 Å². The van der Waals surface area contributed by atoms with Crippen LogP contribution in [-0.2, 0) is 0 Å². The van der Waals surface area contributed by atoms with Crippen molar-refractivity contribution in [1.29, 1.82) is 5.41 Å².